The summed E-state index contributed by atoms with van der Waals surface area (Å²) >= 11 is 0. The zero-order valence-electron chi connectivity index (χ0n) is 31.3. The minimum absolute atomic E-state index is 0.526. The van der Waals surface area contributed by atoms with Crippen molar-refractivity contribution >= 4 is 0 Å². The topological polar surface area (TPSA) is 92.3 Å². The van der Waals surface area contributed by atoms with E-state index < -0.39 is 0 Å². The molecule has 0 saturated heterocycles. The van der Waals surface area contributed by atoms with E-state index in [4.69, 9.17) is 47.4 Å². The van der Waals surface area contributed by atoms with Crippen LogP contribution in [0.2, 0.25) is 0 Å². The van der Waals surface area contributed by atoms with Crippen molar-refractivity contribution in [3.8, 4) is 5.75 Å². The Hall–Kier alpha value is -1.34. The summed E-state index contributed by atoms with van der Waals surface area (Å²) in [7, 11) is 0. The van der Waals surface area contributed by atoms with E-state index >= 15 is 0 Å². The maximum Gasteiger partial charge on any atom is 0.119 e. The molecule has 0 fully saturated rings. The molecule has 0 aliphatic carbocycles. The van der Waals surface area contributed by atoms with Gasteiger partial charge in [-0.3, -0.25) is 0 Å². The van der Waals surface area contributed by atoms with E-state index in [0.29, 0.717) is 119 Å². The van der Waals surface area contributed by atoms with Crippen molar-refractivity contribution in [1.29, 1.82) is 0 Å². The summed E-state index contributed by atoms with van der Waals surface area (Å²) in [5.74, 6) is 0.891. The number of unbranched alkanes of at least 4 members (excludes halogenated alkanes) is 9. The highest BCUT2D eigenvalue weighted by atomic mass is 16.6. The first-order chi connectivity index (χ1) is 24.4. The highest BCUT2D eigenvalue weighted by Crippen LogP contribution is 2.15. The van der Waals surface area contributed by atoms with Gasteiger partial charge < -0.3 is 47.4 Å². The summed E-state index contributed by atoms with van der Waals surface area (Å²) in [5.41, 5.74) is 1.38. The van der Waals surface area contributed by atoms with Crippen molar-refractivity contribution in [1.82, 2.24) is 0 Å². The minimum Gasteiger partial charge on any atom is -0.491 e. The van der Waals surface area contributed by atoms with Gasteiger partial charge in [-0.05, 0) is 37.0 Å². The molecule has 288 valence electrons. The zero-order valence-corrected chi connectivity index (χ0v) is 31.3. The van der Waals surface area contributed by atoms with Gasteiger partial charge in [0.05, 0.1) is 112 Å². The molecule has 1 aromatic rings. The van der Waals surface area contributed by atoms with E-state index in [2.05, 4.69) is 38.1 Å². The van der Waals surface area contributed by atoms with Gasteiger partial charge in [0.1, 0.15) is 12.4 Å². The van der Waals surface area contributed by atoms with Crippen LogP contribution < -0.4 is 4.74 Å². The van der Waals surface area contributed by atoms with Crippen molar-refractivity contribution in [3.05, 3.63) is 29.8 Å². The van der Waals surface area contributed by atoms with Crippen molar-refractivity contribution in [2.75, 3.05) is 126 Å². The third-order valence-electron chi connectivity index (χ3n) is 7.61. The fraction of sp³-hybridized carbons (Fsp3) is 0.846. The van der Waals surface area contributed by atoms with Gasteiger partial charge in [0.25, 0.3) is 0 Å². The standard InChI is InChI=1S/C39H72O10/c1-3-5-7-9-10-11-12-14-38-15-17-39(18-16-38)49-37-36-48-35-34-47-33-32-46-31-30-45-29-28-44-27-26-43-25-24-42-23-22-41-21-20-40-19-13-8-6-4-2/h15-18H,3-14,19-37H2,1-2H3. The Labute approximate surface area is 299 Å². The van der Waals surface area contributed by atoms with Crippen LogP contribution in [0, 0.1) is 0 Å². The number of hydrogen-bond donors (Lipinski definition) is 0. The first kappa shape index (κ1) is 45.7. The molecule has 0 spiro atoms. The molecule has 0 N–H and O–H groups in total. The van der Waals surface area contributed by atoms with E-state index in [0.717, 1.165) is 25.2 Å². The predicted molar refractivity (Wildman–Crippen MR) is 195 cm³/mol. The monoisotopic (exact) mass is 701 g/mol. The van der Waals surface area contributed by atoms with Crippen molar-refractivity contribution in [3.63, 3.8) is 0 Å². The summed E-state index contributed by atoms with van der Waals surface area (Å²) < 4.78 is 55.5. The van der Waals surface area contributed by atoms with Gasteiger partial charge in [-0.25, -0.2) is 0 Å². The first-order valence-corrected chi connectivity index (χ1v) is 19.3. The van der Waals surface area contributed by atoms with E-state index in [1.807, 2.05) is 0 Å². The first-order valence-electron chi connectivity index (χ1n) is 19.3. The van der Waals surface area contributed by atoms with Crippen molar-refractivity contribution in [2.24, 2.45) is 0 Å². The highest BCUT2D eigenvalue weighted by molar-refractivity contribution is 5.27. The molecule has 0 saturated carbocycles. The second kappa shape index (κ2) is 39.4. The maximum atomic E-state index is 5.79. The summed E-state index contributed by atoms with van der Waals surface area (Å²) in [6, 6.07) is 8.47. The van der Waals surface area contributed by atoms with E-state index in [1.165, 1.54) is 69.8 Å². The van der Waals surface area contributed by atoms with Crippen LogP contribution in [0.25, 0.3) is 0 Å². The molecular weight excluding hydrogens is 628 g/mol. The van der Waals surface area contributed by atoms with Crippen LogP contribution in [0.5, 0.6) is 5.75 Å². The van der Waals surface area contributed by atoms with E-state index in [-0.39, 0.29) is 0 Å². The Kier molecular flexibility index (Phi) is 36.8. The number of ether oxygens (including phenoxy) is 10. The average Bonchev–Trinajstić information content (AvgIpc) is 3.12. The molecule has 10 heteroatoms. The van der Waals surface area contributed by atoms with Gasteiger partial charge in [0, 0.05) is 6.61 Å². The molecule has 0 unspecified atom stereocenters. The van der Waals surface area contributed by atoms with Gasteiger partial charge in [-0.1, -0.05) is 83.8 Å². The Bertz CT molecular complexity index is 752. The summed E-state index contributed by atoms with van der Waals surface area (Å²) in [5, 5.41) is 0. The molecular formula is C39H72O10. The van der Waals surface area contributed by atoms with Crippen LogP contribution in [-0.2, 0) is 49.1 Å². The van der Waals surface area contributed by atoms with Crippen LogP contribution >= 0.6 is 0 Å². The predicted octanol–water partition coefficient (Wildman–Crippen LogP) is 7.09. The Morgan fingerprint density at radius 1 is 0.306 bits per heavy atom. The summed E-state index contributed by atoms with van der Waals surface area (Å²) in [6.07, 6.45) is 15.4. The van der Waals surface area contributed by atoms with Gasteiger partial charge in [-0.2, -0.15) is 0 Å². The third-order valence-corrected chi connectivity index (χ3v) is 7.61. The van der Waals surface area contributed by atoms with Gasteiger partial charge in [-0.15, -0.1) is 0 Å². The lowest BCUT2D eigenvalue weighted by molar-refractivity contribution is -0.0254. The smallest absolute Gasteiger partial charge is 0.119 e. The Balaban J connectivity index is 1.70. The Morgan fingerprint density at radius 3 is 1.00 bits per heavy atom. The fourth-order valence-corrected chi connectivity index (χ4v) is 4.75. The van der Waals surface area contributed by atoms with Crippen molar-refractivity contribution < 1.29 is 47.4 Å². The second-order valence-corrected chi connectivity index (χ2v) is 11.9. The van der Waals surface area contributed by atoms with E-state index in [9.17, 15) is 0 Å². The number of hydrogen-bond acceptors (Lipinski definition) is 10. The van der Waals surface area contributed by atoms with Gasteiger partial charge >= 0.3 is 0 Å². The molecule has 0 aliphatic rings. The zero-order chi connectivity index (χ0) is 35.0. The van der Waals surface area contributed by atoms with Crippen LogP contribution in [-0.4, -0.2) is 126 Å². The molecule has 0 radical (unpaired) electrons. The van der Waals surface area contributed by atoms with Crippen LogP contribution in [0.4, 0.5) is 0 Å². The molecule has 49 heavy (non-hydrogen) atoms. The molecule has 0 amide bonds. The number of aryl methyl sites for hydroxylation is 1. The second-order valence-electron chi connectivity index (χ2n) is 11.9. The highest BCUT2D eigenvalue weighted by Gasteiger charge is 1.99. The maximum absolute atomic E-state index is 5.79. The van der Waals surface area contributed by atoms with Gasteiger partial charge in [0.2, 0.25) is 0 Å². The quantitative estimate of drug-likeness (QED) is 0.0660. The lowest BCUT2D eigenvalue weighted by Crippen LogP contribution is -2.15. The van der Waals surface area contributed by atoms with Crippen LogP contribution in [0.3, 0.4) is 0 Å². The van der Waals surface area contributed by atoms with Gasteiger partial charge in [0.15, 0.2) is 0 Å². The molecule has 0 heterocycles. The molecule has 10 nitrogen and oxygen atoms in total. The lowest BCUT2D eigenvalue weighted by atomic mass is 10.0. The number of benzene rings is 1. The minimum atomic E-state index is 0.526. The molecule has 0 bridgehead atoms. The SMILES string of the molecule is CCCCCCCCCc1ccc(OCCOCCOCCOCCOCCOCCOCCOCCOCCOCCCCCC)cc1. The molecule has 1 rings (SSSR count). The summed E-state index contributed by atoms with van der Waals surface area (Å²) in [6.45, 7) is 15.1. The third kappa shape index (κ3) is 34.9. The Morgan fingerprint density at radius 2 is 0.612 bits per heavy atom. The normalized spacial score (nSPS) is 11.5. The molecule has 0 aromatic heterocycles. The van der Waals surface area contributed by atoms with Crippen LogP contribution in [0.1, 0.15) is 90.0 Å². The molecule has 0 aliphatic heterocycles. The molecule has 1 aromatic carbocycles. The average molecular weight is 701 g/mol. The largest absolute Gasteiger partial charge is 0.491 e. The fourth-order valence-electron chi connectivity index (χ4n) is 4.75. The summed E-state index contributed by atoms with van der Waals surface area (Å²) in [4.78, 5) is 0. The van der Waals surface area contributed by atoms with Crippen LogP contribution in [0.15, 0.2) is 24.3 Å². The molecule has 0 atom stereocenters. The number of rotatable bonds is 41. The van der Waals surface area contributed by atoms with Crippen molar-refractivity contribution in [2.45, 2.75) is 90.9 Å². The van der Waals surface area contributed by atoms with E-state index in [1.54, 1.807) is 0 Å². The lowest BCUT2D eigenvalue weighted by Gasteiger charge is -2.09.